The average molecular weight is 334 g/mol. The van der Waals surface area contributed by atoms with Crippen LogP contribution in [0.2, 0.25) is 0 Å². The molecule has 0 spiro atoms. The van der Waals surface area contributed by atoms with E-state index in [0.29, 0.717) is 34.7 Å². The van der Waals surface area contributed by atoms with E-state index in [2.05, 4.69) is 12.1 Å². The van der Waals surface area contributed by atoms with Crippen LogP contribution in [0.4, 0.5) is 0 Å². The molecule has 2 aromatic heterocycles. The molecule has 25 heavy (non-hydrogen) atoms. The summed E-state index contributed by atoms with van der Waals surface area (Å²) in [5.41, 5.74) is 2.26. The lowest BCUT2D eigenvalue weighted by molar-refractivity contribution is 0.308. The summed E-state index contributed by atoms with van der Waals surface area (Å²) in [6, 6.07) is 15.4. The highest BCUT2D eigenvalue weighted by molar-refractivity contribution is 5.99. The van der Waals surface area contributed by atoms with Gasteiger partial charge in [-0.2, -0.15) is 0 Å². The van der Waals surface area contributed by atoms with Crippen molar-refractivity contribution in [3.63, 3.8) is 0 Å². The molecule has 0 N–H and O–H groups in total. The van der Waals surface area contributed by atoms with Crippen molar-refractivity contribution in [3.8, 4) is 5.75 Å². The van der Waals surface area contributed by atoms with Crippen LogP contribution < -0.4 is 10.2 Å². The average Bonchev–Trinajstić information content (AvgIpc) is 3.08. The number of aryl methyl sites for hydroxylation is 2. The molecule has 4 aromatic rings. The second-order valence-corrected chi connectivity index (χ2v) is 6.08. The van der Waals surface area contributed by atoms with E-state index in [1.54, 1.807) is 19.3 Å². The maximum Gasteiger partial charge on any atom is 0.206 e. The van der Waals surface area contributed by atoms with Crippen molar-refractivity contribution >= 4 is 21.9 Å². The maximum atomic E-state index is 12.3. The fraction of sp³-hybridized carbons (Fsp3) is 0.190. The molecule has 2 aromatic carbocycles. The van der Waals surface area contributed by atoms with Gasteiger partial charge in [-0.3, -0.25) is 4.79 Å². The molecular weight excluding hydrogens is 316 g/mol. The van der Waals surface area contributed by atoms with Crippen LogP contribution in [0.1, 0.15) is 17.7 Å². The number of rotatable bonds is 5. The van der Waals surface area contributed by atoms with E-state index in [0.717, 1.165) is 18.2 Å². The number of hydrogen-bond donors (Lipinski definition) is 0. The molecule has 0 aliphatic rings. The predicted octanol–water partition coefficient (Wildman–Crippen LogP) is 4.86. The molecule has 0 bridgehead atoms. The Labute approximate surface area is 144 Å². The Morgan fingerprint density at radius 3 is 2.72 bits per heavy atom. The van der Waals surface area contributed by atoms with Crippen molar-refractivity contribution in [3.05, 3.63) is 76.3 Å². The number of benzene rings is 2. The van der Waals surface area contributed by atoms with Crippen LogP contribution in [0, 0.1) is 6.92 Å². The Bertz CT molecular complexity index is 1070. The molecule has 0 aliphatic carbocycles. The minimum absolute atomic E-state index is 0.0732. The van der Waals surface area contributed by atoms with E-state index >= 15 is 0 Å². The normalized spacial score (nSPS) is 11.2. The number of furan rings is 1. The Morgan fingerprint density at radius 1 is 1.04 bits per heavy atom. The Kier molecular flexibility index (Phi) is 4.02. The van der Waals surface area contributed by atoms with Crippen LogP contribution in [0.25, 0.3) is 21.9 Å². The van der Waals surface area contributed by atoms with Crippen LogP contribution in [0.3, 0.4) is 0 Å². The lowest BCUT2D eigenvalue weighted by atomic mass is 10.1. The molecule has 0 radical (unpaired) electrons. The van der Waals surface area contributed by atoms with Crippen molar-refractivity contribution in [1.82, 2.24) is 0 Å². The lowest BCUT2D eigenvalue weighted by Gasteiger charge is -2.10. The summed E-state index contributed by atoms with van der Waals surface area (Å²) < 4.78 is 17.3. The van der Waals surface area contributed by atoms with Gasteiger partial charge in [0.25, 0.3) is 0 Å². The lowest BCUT2D eigenvalue weighted by Crippen LogP contribution is -2.04. The summed E-state index contributed by atoms with van der Waals surface area (Å²) in [5, 5.41) is 1.35. The Hall–Kier alpha value is -3.01. The Balaban J connectivity index is 1.64. The molecular formula is C21H18O4. The van der Waals surface area contributed by atoms with Gasteiger partial charge in [0, 0.05) is 11.5 Å². The zero-order valence-electron chi connectivity index (χ0n) is 14.0. The van der Waals surface area contributed by atoms with Crippen LogP contribution in [-0.4, -0.2) is 6.61 Å². The van der Waals surface area contributed by atoms with Crippen molar-refractivity contribution in [1.29, 1.82) is 0 Å². The second-order valence-electron chi connectivity index (χ2n) is 6.08. The van der Waals surface area contributed by atoms with Gasteiger partial charge >= 0.3 is 0 Å². The third-order valence-corrected chi connectivity index (χ3v) is 4.21. The van der Waals surface area contributed by atoms with Gasteiger partial charge in [0.1, 0.15) is 5.76 Å². The van der Waals surface area contributed by atoms with Crippen LogP contribution in [-0.2, 0) is 6.42 Å². The molecule has 4 heteroatoms. The predicted molar refractivity (Wildman–Crippen MR) is 97.3 cm³/mol. The zero-order valence-corrected chi connectivity index (χ0v) is 14.0. The number of hydrogen-bond acceptors (Lipinski definition) is 4. The van der Waals surface area contributed by atoms with E-state index in [4.69, 9.17) is 13.6 Å². The summed E-state index contributed by atoms with van der Waals surface area (Å²) in [6.45, 7) is 2.27. The molecule has 0 amide bonds. The van der Waals surface area contributed by atoms with Crippen molar-refractivity contribution in [2.24, 2.45) is 0 Å². The molecule has 0 saturated carbocycles. The second kappa shape index (κ2) is 6.48. The number of ether oxygens (including phenoxy) is 1. The molecule has 0 fully saturated rings. The van der Waals surface area contributed by atoms with Gasteiger partial charge in [-0.15, -0.1) is 0 Å². The highest BCUT2D eigenvalue weighted by Gasteiger charge is 2.16. The number of fused-ring (bicyclic) bond motifs is 2. The zero-order chi connectivity index (χ0) is 17.2. The summed E-state index contributed by atoms with van der Waals surface area (Å²) >= 11 is 0. The molecule has 4 rings (SSSR count). The van der Waals surface area contributed by atoms with E-state index in [1.165, 1.54) is 11.6 Å². The van der Waals surface area contributed by atoms with E-state index in [9.17, 15) is 4.79 Å². The van der Waals surface area contributed by atoms with Crippen molar-refractivity contribution < 1.29 is 13.6 Å². The van der Waals surface area contributed by atoms with Crippen molar-refractivity contribution in [2.75, 3.05) is 6.61 Å². The maximum absolute atomic E-state index is 12.3. The largest absolute Gasteiger partial charge is 0.486 e. The minimum atomic E-state index is -0.0732. The van der Waals surface area contributed by atoms with E-state index in [-0.39, 0.29) is 5.43 Å². The van der Waals surface area contributed by atoms with E-state index < -0.39 is 0 Å². The van der Waals surface area contributed by atoms with Crippen LogP contribution in [0.5, 0.6) is 5.75 Å². The Morgan fingerprint density at radius 2 is 1.88 bits per heavy atom. The molecule has 0 saturated heterocycles. The third kappa shape index (κ3) is 3.03. The van der Waals surface area contributed by atoms with E-state index in [1.807, 2.05) is 24.3 Å². The summed E-state index contributed by atoms with van der Waals surface area (Å²) in [4.78, 5) is 12.3. The molecule has 2 heterocycles. The van der Waals surface area contributed by atoms with Gasteiger partial charge in [-0.1, -0.05) is 30.3 Å². The first-order valence-electron chi connectivity index (χ1n) is 8.34. The van der Waals surface area contributed by atoms with Crippen LogP contribution >= 0.6 is 0 Å². The first-order valence-corrected chi connectivity index (χ1v) is 8.34. The molecule has 0 unspecified atom stereocenters. The summed E-state index contributed by atoms with van der Waals surface area (Å²) in [7, 11) is 0. The monoisotopic (exact) mass is 334 g/mol. The smallest absolute Gasteiger partial charge is 0.206 e. The van der Waals surface area contributed by atoms with Gasteiger partial charge in [0.2, 0.25) is 5.75 Å². The van der Waals surface area contributed by atoms with Gasteiger partial charge in [0.15, 0.2) is 16.6 Å². The summed E-state index contributed by atoms with van der Waals surface area (Å²) in [5.74, 6) is 1.06. The highest BCUT2D eigenvalue weighted by atomic mass is 16.5. The first-order chi connectivity index (χ1) is 12.2. The summed E-state index contributed by atoms with van der Waals surface area (Å²) in [6.07, 6.45) is 3.38. The quantitative estimate of drug-likeness (QED) is 0.489. The molecule has 0 aliphatic heterocycles. The van der Waals surface area contributed by atoms with Crippen LogP contribution in [0.15, 0.2) is 68.4 Å². The standard InChI is InChI=1S/C21H18O4/c1-14-12-18(22)17-13-16-9-11-24-19(16)21(20(17)25-14)23-10-5-8-15-6-3-2-4-7-15/h2-4,6-7,9,11-13H,5,8,10H2,1H3. The van der Waals surface area contributed by atoms with Gasteiger partial charge in [-0.05, 0) is 37.5 Å². The highest BCUT2D eigenvalue weighted by Crippen LogP contribution is 2.35. The molecule has 126 valence electrons. The van der Waals surface area contributed by atoms with Gasteiger partial charge in [-0.25, -0.2) is 0 Å². The third-order valence-electron chi connectivity index (χ3n) is 4.21. The SMILES string of the molecule is Cc1cc(=O)c2cc3ccoc3c(OCCCc3ccccc3)c2o1. The van der Waals surface area contributed by atoms with Gasteiger partial charge in [0.05, 0.1) is 18.3 Å². The molecule has 0 atom stereocenters. The van der Waals surface area contributed by atoms with Crippen molar-refractivity contribution in [2.45, 2.75) is 19.8 Å². The first kappa shape index (κ1) is 15.5. The topological polar surface area (TPSA) is 52.6 Å². The molecule has 4 nitrogen and oxygen atoms in total. The fourth-order valence-corrected chi connectivity index (χ4v) is 3.03. The van der Waals surface area contributed by atoms with Gasteiger partial charge < -0.3 is 13.6 Å². The minimum Gasteiger partial charge on any atom is -0.486 e. The fourth-order valence-electron chi connectivity index (χ4n) is 3.03.